The molecule has 0 unspecified atom stereocenters. The van der Waals surface area contributed by atoms with Crippen molar-refractivity contribution in [3.63, 3.8) is 0 Å². The van der Waals surface area contributed by atoms with Gasteiger partial charge in [-0.1, -0.05) is 12.1 Å². The minimum atomic E-state index is -3.53. The zero-order valence-electron chi connectivity index (χ0n) is 17.4. The van der Waals surface area contributed by atoms with Crippen LogP contribution in [0.5, 0.6) is 0 Å². The summed E-state index contributed by atoms with van der Waals surface area (Å²) in [5.41, 5.74) is 3.80. The van der Waals surface area contributed by atoms with Crippen LogP contribution < -0.4 is 5.32 Å². The number of rotatable bonds is 6. The number of anilines is 1. The fourth-order valence-electron chi connectivity index (χ4n) is 3.58. The van der Waals surface area contributed by atoms with Gasteiger partial charge >= 0.3 is 0 Å². The number of imidazole rings is 1. The van der Waals surface area contributed by atoms with Crippen molar-refractivity contribution in [2.45, 2.75) is 23.8 Å². The number of carbonyl (C=O) groups excluding carboxylic acids is 1. The molecule has 162 valence electrons. The lowest BCUT2D eigenvalue weighted by Gasteiger charge is -2.16. The number of sulfonamides is 1. The highest BCUT2D eigenvalue weighted by atomic mass is 32.2. The van der Waals surface area contributed by atoms with Crippen LogP contribution in [0, 0.1) is 0 Å². The van der Waals surface area contributed by atoms with Gasteiger partial charge in [-0.15, -0.1) is 0 Å². The fraction of sp³-hybridized carbons (Fsp3) is 0.167. The number of amides is 1. The summed E-state index contributed by atoms with van der Waals surface area (Å²) in [6.07, 6.45) is 1.79. The van der Waals surface area contributed by atoms with Gasteiger partial charge in [0.1, 0.15) is 5.82 Å². The van der Waals surface area contributed by atoms with Gasteiger partial charge in [0, 0.05) is 29.9 Å². The first-order valence-corrected chi connectivity index (χ1v) is 11.8. The molecule has 1 aliphatic rings. The maximum absolute atomic E-state index is 12.6. The minimum Gasteiger partial charge on any atom is -0.338 e. The molecule has 32 heavy (non-hydrogen) atoms. The molecule has 2 N–H and O–H groups in total. The largest absolute Gasteiger partial charge is 0.338 e. The number of benzene rings is 3. The summed E-state index contributed by atoms with van der Waals surface area (Å²) in [6, 6.07) is 21.3. The number of aromatic nitrogens is 2. The molecule has 1 aliphatic carbocycles. The van der Waals surface area contributed by atoms with Gasteiger partial charge in [0.25, 0.3) is 5.91 Å². The van der Waals surface area contributed by atoms with E-state index in [1.807, 2.05) is 48.5 Å². The van der Waals surface area contributed by atoms with Gasteiger partial charge < -0.3 is 10.3 Å². The summed E-state index contributed by atoms with van der Waals surface area (Å²) < 4.78 is 26.6. The first-order valence-electron chi connectivity index (χ1n) is 10.4. The van der Waals surface area contributed by atoms with Crippen LogP contribution in [-0.2, 0) is 10.0 Å². The van der Waals surface area contributed by atoms with E-state index in [1.165, 1.54) is 28.6 Å². The number of hydrogen-bond acceptors (Lipinski definition) is 4. The molecule has 1 aromatic heterocycles. The van der Waals surface area contributed by atoms with Crippen molar-refractivity contribution in [3.8, 4) is 11.4 Å². The van der Waals surface area contributed by atoms with E-state index in [0.29, 0.717) is 11.3 Å². The lowest BCUT2D eigenvalue weighted by molar-refractivity contribution is 0.102. The van der Waals surface area contributed by atoms with E-state index in [2.05, 4.69) is 15.3 Å². The van der Waals surface area contributed by atoms with E-state index in [0.717, 1.165) is 35.3 Å². The molecule has 1 amide bonds. The second-order valence-electron chi connectivity index (χ2n) is 7.91. The van der Waals surface area contributed by atoms with E-state index in [9.17, 15) is 13.2 Å². The predicted molar refractivity (Wildman–Crippen MR) is 124 cm³/mol. The van der Waals surface area contributed by atoms with E-state index in [4.69, 9.17) is 0 Å². The third kappa shape index (κ3) is 3.90. The lowest BCUT2D eigenvalue weighted by Crippen LogP contribution is -2.29. The molecule has 3 aromatic carbocycles. The minimum absolute atomic E-state index is 0.0884. The molecule has 4 aromatic rings. The molecule has 1 heterocycles. The number of H-pyrrole nitrogens is 1. The number of nitrogens with zero attached hydrogens (tertiary/aromatic N) is 2. The maximum atomic E-state index is 12.6. The molecule has 7 nitrogen and oxygen atoms in total. The first-order chi connectivity index (χ1) is 15.4. The average molecular weight is 447 g/mol. The van der Waals surface area contributed by atoms with Crippen LogP contribution >= 0.6 is 0 Å². The SMILES string of the molecule is CN(C1CC1)S(=O)(=O)c1ccc(C(=O)Nc2ccc(-c3nc4ccccc4[nH]3)cc2)cc1. The van der Waals surface area contributed by atoms with E-state index >= 15 is 0 Å². The van der Waals surface area contributed by atoms with Crippen molar-refractivity contribution < 1.29 is 13.2 Å². The number of fused-ring (bicyclic) bond motifs is 1. The van der Waals surface area contributed by atoms with Crippen LogP contribution in [-0.4, -0.2) is 41.7 Å². The maximum Gasteiger partial charge on any atom is 0.255 e. The molecule has 1 fully saturated rings. The zero-order chi connectivity index (χ0) is 22.3. The number of nitrogens with one attached hydrogen (secondary N) is 2. The Morgan fingerprint density at radius 1 is 1.00 bits per heavy atom. The highest BCUT2D eigenvalue weighted by Crippen LogP contribution is 2.30. The van der Waals surface area contributed by atoms with E-state index in [1.54, 1.807) is 7.05 Å². The van der Waals surface area contributed by atoms with Gasteiger partial charge in [-0.3, -0.25) is 4.79 Å². The van der Waals surface area contributed by atoms with Crippen LogP contribution in [0.15, 0.2) is 77.7 Å². The van der Waals surface area contributed by atoms with E-state index < -0.39 is 10.0 Å². The Balaban J connectivity index is 1.28. The summed E-state index contributed by atoms with van der Waals surface area (Å²) in [6.45, 7) is 0. The summed E-state index contributed by atoms with van der Waals surface area (Å²) in [7, 11) is -1.93. The van der Waals surface area contributed by atoms with Crippen molar-refractivity contribution >= 4 is 32.7 Å². The van der Waals surface area contributed by atoms with Gasteiger partial charge in [-0.25, -0.2) is 13.4 Å². The topological polar surface area (TPSA) is 95.2 Å². The monoisotopic (exact) mass is 446 g/mol. The number of carbonyl (C=O) groups is 1. The highest BCUT2D eigenvalue weighted by molar-refractivity contribution is 7.89. The molecule has 5 rings (SSSR count). The number of para-hydroxylation sites is 2. The Morgan fingerprint density at radius 3 is 2.34 bits per heavy atom. The Morgan fingerprint density at radius 2 is 1.69 bits per heavy atom. The van der Waals surface area contributed by atoms with Gasteiger partial charge in [0.05, 0.1) is 15.9 Å². The summed E-state index contributed by atoms with van der Waals surface area (Å²) in [5.74, 6) is 0.457. The standard InChI is InChI=1S/C24H22N4O3S/c1-28(19-12-13-19)32(30,31)20-14-8-17(9-15-20)24(29)25-18-10-6-16(7-11-18)23-26-21-4-2-3-5-22(21)27-23/h2-11,14-15,19H,12-13H2,1H3,(H,25,29)(H,26,27). The summed E-state index contributed by atoms with van der Waals surface area (Å²) in [4.78, 5) is 20.7. The highest BCUT2D eigenvalue weighted by Gasteiger charge is 2.35. The molecule has 0 saturated heterocycles. The summed E-state index contributed by atoms with van der Waals surface area (Å²) >= 11 is 0. The summed E-state index contributed by atoms with van der Waals surface area (Å²) in [5, 5.41) is 2.84. The van der Waals surface area contributed by atoms with Crippen LogP contribution in [0.3, 0.4) is 0 Å². The van der Waals surface area contributed by atoms with Gasteiger partial charge in [-0.05, 0) is 73.5 Å². The Kier molecular flexibility index (Phi) is 5.03. The quantitative estimate of drug-likeness (QED) is 0.463. The normalized spacial score (nSPS) is 14.1. The molecule has 0 radical (unpaired) electrons. The Bertz CT molecular complexity index is 1360. The second kappa shape index (κ2) is 7.89. The van der Waals surface area contributed by atoms with E-state index in [-0.39, 0.29) is 16.8 Å². The molecular weight excluding hydrogens is 424 g/mol. The molecule has 0 aliphatic heterocycles. The number of aromatic amines is 1. The average Bonchev–Trinajstić information content (AvgIpc) is 3.57. The molecule has 0 spiro atoms. The van der Waals surface area contributed by atoms with Crippen LogP contribution in [0.25, 0.3) is 22.4 Å². The Hall–Kier alpha value is -3.49. The van der Waals surface area contributed by atoms with Crippen molar-refractivity contribution in [3.05, 3.63) is 78.4 Å². The van der Waals surface area contributed by atoms with Crippen LogP contribution in [0.2, 0.25) is 0 Å². The fourth-order valence-corrected chi connectivity index (χ4v) is 5.00. The molecule has 8 heteroatoms. The van der Waals surface area contributed by atoms with Crippen LogP contribution in [0.4, 0.5) is 5.69 Å². The Labute approximate surface area is 186 Å². The molecule has 0 bridgehead atoms. The van der Waals surface area contributed by atoms with Crippen molar-refractivity contribution in [2.24, 2.45) is 0 Å². The molecule has 1 saturated carbocycles. The van der Waals surface area contributed by atoms with Crippen LogP contribution in [0.1, 0.15) is 23.2 Å². The first kappa shape index (κ1) is 20.4. The lowest BCUT2D eigenvalue weighted by atomic mass is 10.1. The third-order valence-electron chi connectivity index (χ3n) is 5.66. The number of hydrogen-bond donors (Lipinski definition) is 2. The third-order valence-corrected chi connectivity index (χ3v) is 7.58. The smallest absolute Gasteiger partial charge is 0.255 e. The van der Waals surface area contributed by atoms with Crippen molar-refractivity contribution in [1.29, 1.82) is 0 Å². The zero-order valence-corrected chi connectivity index (χ0v) is 18.3. The van der Waals surface area contributed by atoms with Gasteiger partial charge in [0.15, 0.2) is 0 Å². The molecular formula is C24H22N4O3S. The van der Waals surface area contributed by atoms with Crippen molar-refractivity contribution in [2.75, 3.05) is 12.4 Å². The van der Waals surface area contributed by atoms with Gasteiger partial charge in [0.2, 0.25) is 10.0 Å². The van der Waals surface area contributed by atoms with Crippen molar-refractivity contribution in [1.82, 2.24) is 14.3 Å². The predicted octanol–water partition coefficient (Wildman–Crippen LogP) is 4.27. The second-order valence-corrected chi connectivity index (χ2v) is 9.91. The van der Waals surface area contributed by atoms with Gasteiger partial charge in [-0.2, -0.15) is 4.31 Å². The molecule has 0 atom stereocenters.